The monoisotopic (exact) mass is 268 g/mol. The summed E-state index contributed by atoms with van der Waals surface area (Å²) in [4.78, 5) is 13.6. The molecule has 1 saturated heterocycles. The summed E-state index contributed by atoms with van der Waals surface area (Å²) in [7, 11) is 0. The number of piperidine rings is 1. The van der Waals surface area contributed by atoms with Crippen LogP contribution in [-0.4, -0.2) is 34.8 Å². The molecular formula is C13H14F2N2O2. The lowest BCUT2D eigenvalue weighted by molar-refractivity contribution is 0.0733. The first-order valence-electron chi connectivity index (χ1n) is 5.97. The Labute approximate surface area is 109 Å². The summed E-state index contributed by atoms with van der Waals surface area (Å²) >= 11 is 0. The molecule has 0 radical (unpaired) electrons. The van der Waals surface area contributed by atoms with Crippen molar-refractivity contribution in [1.82, 2.24) is 4.90 Å². The van der Waals surface area contributed by atoms with E-state index in [1.807, 2.05) is 6.92 Å². The second kappa shape index (κ2) is 5.34. The van der Waals surface area contributed by atoms with Gasteiger partial charge in [0, 0.05) is 37.1 Å². The number of rotatable bonds is 1. The van der Waals surface area contributed by atoms with E-state index < -0.39 is 17.5 Å². The Balaban J connectivity index is 2.16. The van der Waals surface area contributed by atoms with Crippen molar-refractivity contribution < 1.29 is 18.8 Å². The topological polar surface area (TPSA) is 52.9 Å². The van der Waals surface area contributed by atoms with Gasteiger partial charge in [-0.15, -0.1) is 0 Å². The van der Waals surface area contributed by atoms with Crippen molar-refractivity contribution in [1.29, 1.82) is 0 Å². The smallest absolute Gasteiger partial charge is 0.254 e. The summed E-state index contributed by atoms with van der Waals surface area (Å²) in [5, 5.41) is 11.9. The van der Waals surface area contributed by atoms with Gasteiger partial charge in [-0.05, 0) is 12.1 Å². The SMILES string of the molecule is CC1CN(C(=O)c2cc(F)cc(F)c2)CC/C1=N\O. The molecule has 0 aliphatic carbocycles. The second-order valence-electron chi connectivity index (χ2n) is 4.65. The number of amides is 1. The van der Waals surface area contributed by atoms with Crippen molar-refractivity contribution in [3.63, 3.8) is 0 Å². The number of hydrogen-bond donors (Lipinski definition) is 1. The number of nitrogens with zero attached hydrogens (tertiary/aromatic N) is 2. The molecule has 1 aromatic carbocycles. The van der Waals surface area contributed by atoms with Gasteiger partial charge in [0.05, 0.1) is 5.71 Å². The van der Waals surface area contributed by atoms with E-state index in [2.05, 4.69) is 5.16 Å². The van der Waals surface area contributed by atoms with Crippen LogP contribution in [0.1, 0.15) is 23.7 Å². The minimum atomic E-state index is -0.772. The van der Waals surface area contributed by atoms with E-state index in [1.54, 1.807) is 0 Å². The van der Waals surface area contributed by atoms with Crippen molar-refractivity contribution in [3.05, 3.63) is 35.4 Å². The minimum absolute atomic E-state index is 0.00547. The van der Waals surface area contributed by atoms with E-state index in [4.69, 9.17) is 5.21 Å². The highest BCUT2D eigenvalue weighted by atomic mass is 19.1. The fraction of sp³-hybridized carbons (Fsp3) is 0.385. The summed E-state index contributed by atoms with van der Waals surface area (Å²) < 4.78 is 26.2. The summed E-state index contributed by atoms with van der Waals surface area (Å²) in [6.07, 6.45) is 0.460. The Kier molecular flexibility index (Phi) is 3.78. The van der Waals surface area contributed by atoms with Crippen LogP contribution in [0.2, 0.25) is 0 Å². The van der Waals surface area contributed by atoms with Gasteiger partial charge in [-0.25, -0.2) is 8.78 Å². The molecule has 1 aliphatic rings. The summed E-state index contributed by atoms with van der Waals surface area (Å²) in [6.45, 7) is 2.58. The summed E-state index contributed by atoms with van der Waals surface area (Å²) in [5.74, 6) is -2.03. The fourth-order valence-electron chi connectivity index (χ4n) is 2.22. The van der Waals surface area contributed by atoms with E-state index in [1.165, 1.54) is 4.90 Å². The summed E-state index contributed by atoms with van der Waals surface area (Å²) in [6, 6.07) is 2.77. The minimum Gasteiger partial charge on any atom is -0.411 e. The van der Waals surface area contributed by atoms with Crippen LogP contribution in [0, 0.1) is 17.6 Å². The second-order valence-corrected chi connectivity index (χ2v) is 4.65. The molecule has 4 nitrogen and oxygen atoms in total. The number of carbonyl (C=O) groups excluding carboxylic acids is 1. The molecule has 1 aromatic rings. The van der Waals surface area contributed by atoms with E-state index in [-0.39, 0.29) is 11.5 Å². The molecular weight excluding hydrogens is 254 g/mol. The predicted molar refractivity (Wildman–Crippen MR) is 65.3 cm³/mol. The fourth-order valence-corrected chi connectivity index (χ4v) is 2.22. The lowest BCUT2D eigenvalue weighted by Gasteiger charge is -2.31. The van der Waals surface area contributed by atoms with Gasteiger partial charge >= 0.3 is 0 Å². The van der Waals surface area contributed by atoms with Crippen molar-refractivity contribution in [2.45, 2.75) is 13.3 Å². The number of hydrogen-bond acceptors (Lipinski definition) is 3. The molecule has 102 valence electrons. The van der Waals surface area contributed by atoms with Crippen molar-refractivity contribution >= 4 is 11.6 Å². The average Bonchev–Trinajstić information content (AvgIpc) is 2.36. The number of halogens is 2. The highest BCUT2D eigenvalue weighted by Gasteiger charge is 2.26. The normalized spacial score (nSPS) is 21.7. The number of oxime groups is 1. The summed E-state index contributed by atoms with van der Waals surface area (Å²) in [5.41, 5.74) is 0.628. The Morgan fingerprint density at radius 1 is 1.37 bits per heavy atom. The maximum Gasteiger partial charge on any atom is 0.254 e. The van der Waals surface area contributed by atoms with Gasteiger partial charge in [0.2, 0.25) is 0 Å². The van der Waals surface area contributed by atoms with Gasteiger partial charge < -0.3 is 10.1 Å². The van der Waals surface area contributed by atoms with Gasteiger partial charge in [-0.3, -0.25) is 4.79 Å². The molecule has 1 atom stereocenters. The molecule has 1 heterocycles. The first-order chi connectivity index (χ1) is 9.01. The zero-order valence-electron chi connectivity index (χ0n) is 10.4. The highest BCUT2D eigenvalue weighted by Crippen LogP contribution is 2.17. The van der Waals surface area contributed by atoms with Gasteiger partial charge in [0.25, 0.3) is 5.91 Å². The number of carbonyl (C=O) groups is 1. The Morgan fingerprint density at radius 3 is 2.53 bits per heavy atom. The lowest BCUT2D eigenvalue weighted by Crippen LogP contribution is -2.43. The molecule has 19 heavy (non-hydrogen) atoms. The van der Waals surface area contributed by atoms with Gasteiger partial charge in [-0.1, -0.05) is 12.1 Å². The van der Waals surface area contributed by atoms with Gasteiger partial charge in [0.15, 0.2) is 0 Å². The molecule has 0 bridgehead atoms. The van der Waals surface area contributed by atoms with Crippen LogP contribution in [0.25, 0.3) is 0 Å². The molecule has 2 rings (SSSR count). The van der Waals surface area contributed by atoms with Gasteiger partial charge in [0.1, 0.15) is 11.6 Å². The van der Waals surface area contributed by atoms with Crippen LogP contribution in [0.15, 0.2) is 23.4 Å². The molecule has 1 unspecified atom stereocenters. The van der Waals surface area contributed by atoms with Crippen molar-refractivity contribution in [3.8, 4) is 0 Å². The van der Waals surface area contributed by atoms with Crippen LogP contribution >= 0.6 is 0 Å². The Morgan fingerprint density at radius 2 is 2.00 bits per heavy atom. The molecule has 0 saturated carbocycles. The van der Waals surface area contributed by atoms with Crippen LogP contribution < -0.4 is 0 Å². The van der Waals surface area contributed by atoms with Crippen molar-refractivity contribution in [2.75, 3.05) is 13.1 Å². The van der Waals surface area contributed by atoms with Gasteiger partial charge in [-0.2, -0.15) is 0 Å². The molecule has 0 spiro atoms. The maximum atomic E-state index is 13.1. The average molecular weight is 268 g/mol. The van der Waals surface area contributed by atoms with E-state index in [0.717, 1.165) is 18.2 Å². The van der Waals surface area contributed by atoms with Crippen LogP contribution in [0.5, 0.6) is 0 Å². The van der Waals surface area contributed by atoms with E-state index in [9.17, 15) is 13.6 Å². The van der Waals surface area contributed by atoms with Crippen LogP contribution in [0.3, 0.4) is 0 Å². The number of benzene rings is 1. The zero-order chi connectivity index (χ0) is 14.0. The Bertz CT molecular complexity index is 511. The third kappa shape index (κ3) is 2.89. The first-order valence-corrected chi connectivity index (χ1v) is 5.97. The van der Waals surface area contributed by atoms with E-state index in [0.29, 0.717) is 25.2 Å². The standard InChI is InChI=1S/C13H14F2N2O2/c1-8-7-17(3-2-12(8)16-19)13(18)9-4-10(14)6-11(15)5-9/h4-6,8,19H,2-3,7H2,1H3/b16-12+. The van der Waals surface area contributed by atoms with E-state index >= 15 is 0 Å². The van der Waals surface area contributed by atoms with Crippen molar-refractivity contribution in [2.24, 2.45) is 11.1 Å². The molecule has 1 amide bonds. The zero-order valence-corrected chi connectivity index (χ0v) is 10.4. The molecule has 1 N–H and O–H groups in total. The maximum absolute atomic E-state index is 13.1. The third-order valence-corrected chi connectivity index (χ3v) is 3.23. The first kappa shape index (κ1) is 13.5. The third-order valence-electron chi connectivity index (χ3n) is 3.23. The predicted octanol–water partition coefficient (Wildman–Crippen LogP) is 2.28. The molecule has 6 heteroatoms. The Hall–Kier alpha value is -1.98. The van der Waals surface area contributed by atoms with Crippen LogP contribution in [0.4, 0.5) is 8.78 Å². The largest absolute Gasteiger partial charge is 0.411 e. The molecule has 1 aliphatic heterocycles. The molecule has 0 aromatic heterocycles. The molecule has 1 fully saturated rings. The quantitative estimate of drug-likeness (QED) is 0.627. The lowest BCUT2D eigenvalue weighted by atomic mass is 9.97. The highest BCUT2D eigenvalue weighted by molar-refractivity contribution is 5.96. The number of likely N-dealkylation sites (tertiary alicyclic amines) is 1. The van der Waals surface area contributed by atoms with Crippen LogP contribution in [-0.2, 0) is 0 Å².